The van der Waals surface area contributed by atoms with E-state index in [1.54, 1.807) is 0 Å². The van der Waals surface area contributed by atoms with Crippen molar-refractivity contribution in [3.63, 3.8) is 0 Å². The zero-order valence-corrected chi connectivity index (χ0v) is 15.3. The second-order valence-electron chi connectivity index (χ2n) is 7.27. The van der Waals surface area contributed by atoms with Gasteiger partial charge in [-0.2, -0.15) is 0 Å². The summed E-state index contributed by atoms with van der Waals surface area (Å²) in [5, 5.41) is 0. The molecule has 0 saturated carbocycles. The quantitative estimate of drug-likeness (QED) is 0.784. The van der Waals surface area contributed by atoms with Gasteiger partial charge in [0.15, 0.2) is 0 Å². The maximum atomic E-state index is 4.72. The number of nitrogens with zero attached hydrogens (tertiary/aromatic N) is 3. The fraction of sp³-hybridized carbons (Fsp3) is 0.381. The Balaban J connectivity index is 1.51. The molecule has 1 aromatic heterocycles. The van der Waals surface area contributed by atoms with Crippen molar-refractivity contribution in [3.8, 4) is 11.4 Å². The van der Waals surface area contributed by atoms with Crippen LogP contribution in [0, 0.1) is 6.92 Å². The first kappa shape index (κ1) is 16.2. The average molecular weight is 334 g/mol. The van der Waals surface area contributed by atoms with Gasteiger partial charge in [-0.15, -0.1) is 0 Å². The van der Waals surface area contributed by atoms with Crippen LogP contribution in [0.5, 0.6) is 0 Å². The van der Waals surface area contributed by atoms with E-state index in [0.29, 0.717) is 6.04 Å². The minimum Gasteiger partial charge on any atom is -0.369 e. The Labute approximate surface area is 149 Å². The normalized spacial score (nSPS) is 16.1. The van der Waals surface area contributed by atoms with E-state index < -0.39 is 0 Å². The zero-order valence-electron chi connectivity index (χ0n) is 15.3. The molecule has 0 amide bonds. The summed E-state index contributed by atoms with van der Waals surface area (Å²) in [5.74, 6) is 0.941. The van der Waals surface area contributed by atoms with Crippen LogP contribution in [0.25, 0.3) is 22.4 Å². The number of hydrogen-bond donors (Lipinski definition) is 1. The predicted molar refractivity (Wildman–Crippen MR) is 105 cm³/mol. The third-order valence-electron chi connectivity index (χ3n) is 5.19. The average Bonchev–Trinajstić information content (AvgIpc) is 3.05. The van der Waals surface area contributed by atoms with Crippen molar-refractivity contribution < 1.29 is 0 Å². The third kappa shape index (κ3) is 3.27. The summed E-state index contributed by atoms with van der Waals surface area (Å²) in [6.07, 6.45) is 0. The SMILES string of the molecule is Cc1ccc2nc(-c3ccc(N4CCN(C(C)C)CC4)cc3)[nH]c2c1. The second-order valence-corrected chi connectivity index (χ2v) is 7.27. The highest BCUT2D eigenvalue weighted by Crippen LogP contribution is 2.25. The van der Waals surface area contributed by atoms with Gasteiger partial charge in [-0.1, -0.05) is 6.07 Å². The number of fused-ring (bicyclic) bond motifs is 1. The molecule has 2 heterocycles. The molecule has 0 unspecified atom stereocenters. The Kier molecular flexibility index (Phi) is 4.22. The van der Waals surface area contributed by atoms with Crippen LogP contribution >= 0.6 is 0 Å². The molecule has 4 rings (SSSR count). The molecule has 25 heavy (non-hydrogen) atoms. The summed E-state index contributed by atoms with van der Waals surface area (Å²) in [5.41, 5.74) is 5.81. The fourth-order valence-corrected chi connectivity index (χ4v) is 3.59. The molecule has 1 aliphatic rings. The molecule has 0 spiro atoms. The Morgan fingerprint density at radius 1 is 0.960 bits per heavy atom. The van der Waals surface area contributed by atoms with Crippen molar-refractivity contribution >= 4 is 16.7 Å². The topological polar surface area (TPSA) is 35.2 Å². The molecule has 1 N–H and O–H groups in total. The number of anilines is 1. The van der Waals surface area contributed by atoms with Gasteiger partial charge in [0, 0.05) is 43.5 Å². The summed E-state index contributed by atoms with van der Waals surface area (Å²) in [6.45, 7) is 11.1. The third-order valence-corrected chi connectivity index (χ3v) is 5.19. The van der Waals surface area contributed by atoms with Crippen LogP contribution in [-0.2, 0) is 0 Å². The first-order chi connectivity index (χ1) is 12.1. The number of aromatic amines is 1. The lowest BCUT2D eigenvalue weighted by Gasteiger charge is -2.38. The van der Waals surface area contributed by atoms with Gasteiger partial charge in [0.1, 0.15) is 5.82 Å². The number of aryl methyl sites for hydroxylation is 1. The maximum Gasteiger partial charge on any atom is 0.138 e. The summed E-state index contributed by atoms with van der Waals surface area (Å²) in [4.78, 5) is 13.2. The van der Waals surface area contributed by atoms with E-state index in [0.717, 1.165) is 48.6 Å². The number of rotatable bonds is 3. The van der Waals surface area contributed by atoms with E-state index in [2.05, 4.69) is 78.0 Å². The van der Waals surface area contributed by atoms with Crippen molar-refractivity contribution in [2.45, 2.75) is 26.8 Å². The maximum absolute atomic E-state index is 4.72. The van der Waals surface area contributed by atoms with Crippen LogP contribution in [0.3, 0.4) is 0 Å². The highest BCUT2D eigenvalue weighted by Gasteiger charge is 2.19. The number of benzene rings is 2. The monoisotopic (exact) mass is 334 g/mol. The van der Waals surface area contributed by atoms with Gasteiger partial charge < -0.3 is 9.88 Å². The van der Waals surface area contributed by atoms with Crippen LogP contribution in [0.15, 0.2) is 42.5 Å². The molecule has 1 fully saturated rings. The molecule has 4 heteroatoms. The molecule has 130 valence electrons. The van der Waals surface area contributed by atoms with E-state index >= 15 is 0 Å². The molecule has 0 atom stereocenters. The lowest BCUT2D eigenvalue weighted by molar-refractivity contribution is 0.209. The van der Waals surface area contributed by atoms with Gasteiger partial charge in [0.05, 0.1) is 11.0 Å². The number of imidazole rings is 1. The van der Waals surface area contributed by atoms with E-state index in [4.69, 9.17) is 4.98 Å². The van der Waals surface area contributed by atoms with Crippen molar-refractivity contribution in [2.75, 3.05) is 31.1 Å². The van der Waals surface area contributed by atoms with Crippen LogP contribution in [0.1, 0.15) is 19.4 Å². The standard InChI is InChI=1S/C21H26N4/c1-15(2)24-10-12-25(13-11-24)18-7-5-17(6-8-18)21-22-19-9-4-16(3)14-20(19)23-21/h4-9,14-15H,10-13H2,1-3H3,(H,22,23). The minimum absolute atomic E-state index is 0.640. The van der Waals surface area contributed by atoms with Gasteiger partial charge in [0.2, 0.25) is 0 Å². The van der Waals surface area contributed by atoms with Crippen LogP contribution in [0.4, 0.5) is 5.69 Å². The van der Waals surface area contributed by atoms with Crippen molar-refractivity contribution in [2.24, 2.45) is 0 Å². The molecule has 0 aliphatic carbocycles. The Hall–Kier alpha value is -2.33. The summed E-state index contributed by atoms with van der Waals surface area (Å²) < 4.78 is 0. The van der Waals surface area contributed by atoms with E-state index in [1.807, 2.05) is 0 Å². The van der Waals surface area contributed by atoms with Crippen LogP contribution in [0.2, 0.25) is 0 Å². The number of hydrogen-bond acceptors (Lipinski definition) is 3. The van der Waals surface area contributed by atoms with Gasteiger partial charge in [-0.05, 0) is 62.7 Å². The van der Waals surface area contributed by atoms with Crippen molar-refractivity contribution in [1.29, 1.82) is 0 Å². The Morgan fingerprint density at radius 2 is 1.68 bits per heavy atom. The summed E-state index contributed by atoms with van der Waals surface area (Å²) >= 11 is 0. The highest BCUT2D eigenvalue weighted by molar-refractivity contribution is 5.80. The summed E-state index contributed by atoms with van der Waals surface area (Å²) in [6, 6.07) is 15.8. The van der Waals surface area contributed by atoms with Crippen LogP contribution in [-0.4, -0.2) is 47.1 Å². The van der Waals surface area contributed by atoms with E-state index in [9.17, 15) is 0 Å². The first-order valence-corrected chi connectivity index (χ1v) is 9.16. The molecule has 4 nitrogen and oxygen atoms in total. The van der Waals surface area contributed by atoms with Crippen molar-refractivity contribution in [1.82, 2.24) is 14.9 Å². The Bertz CT molecular complexity index is 855. The second kappa shape index (κ2) is 6.52. The van der Waals surface area contributed by atoms with Gasteiger partial charge in [-0.3, -0.25) is 4.90 Å². The molecule has 2 aromatic carbocycles. The van der Waals surface area contributed by atoms with E-state index in [1.165, 1.54) is 11.3 Å². The highest BCUT2D eigenvalue weighted by atomic mass is 15.3. The van der Waals surface area contributed by atoms with Crippen molar-refractivity contribution in [3.05, 3.63) is 48.0 Å². The molecule has 0 bridgehead atoms. The lowest BCUT2D eigenvalue weighted by Crippen LogP contribution is -2.48. The lowest BCUT2D eigenvalue weighted by atomic mass is 10.1. The Morgan fingerprint density at radius 3 is 2.36 bits per heavy atom. The number of piperazine rings is 1. The molecule has 3 aromatic rings. The fourth-order valence-electron chi connectivity index (χ4n) is 3.59. The van der Waals surface area contributed by atoms with Gasteiger partial charge in [-0.25, -0.2) is 4.98 Å². The number of nitrogens with one attached hydrogen (secondary N) is 1. The number of H-pyrrole nitrogens is 1. The molecule has 1 aliphatic heterocycles. The molecular formula is C21H26N4. The molecular weight excluding hydrogens is 308 g/mol. The predicted octanol–water partition coefficient (Wildman–Crippen LogP) is 4.07. The number of aromatic nitrogens is 2. The van der Waals surface area contributed by atoms with Crippen LogP contribution < -0.4 is 4.90 Å². The summed E-state index contributed by atoms with van der Waals surface area (Å²) in [7, 11) is 0. The van der Waals surface area contributed by atoms with Gasteiger partial charge in [0.25, 0.3) is 0 Å². The van der Waals surface area contributed by atoms with E-state index in [-0.39, 0.29) is 0 Å². The molecule has 1 saturated heterocycles. The van der Waals surface area contributed by atoms with Gasteiger partial charge >= 0.3 is 0 Å². The first-order valence-electron chi connectivity index (χ1n) is 9.16. The minimum atomic E-state index is 0.640. The molecule has 0 radical (unpaired) electrons. The zero-order chi connectivity index (χ0) is 17.4. The largest absolute Gasteiger partial charge is 0.369 e. The smallest absolute Gasteiger partial charge is 0.138 e.